The molecule has 0 aliphatic rings. The van der Waals surface area contributed by atoms with Gasteiger partial charge in [-0.15, -0.1) is 11.8 Å². The van der Waals surface area contributed by atoms with Gasteiger partial charge in [-0.3, -0.25) is 4.68 Å². The molecule has 1 unspecified atom stereocenters. The molecule has 0 saturated carbocycles. The summed E-state index contributed by atoms with van der Waals surface area (Å²) in [7, 11) is 0. The number of thioether (sulfide) groups is 1. The monoisotopic (exact) mass is 261 g/mol. The van der Waals surface area contributed by atoms with E-state index in [2.05, 4.69) is 43.2 Å². The molecule has 0 spiro atoms. The molecule has 0 saturated heterocycles. The van der Waals surface area contributed by atoms with E-state index in [1.54, 1.807) is 11.8 Å². The predicted molar refractivity (Wildman–Crippen MR) is 76.7 cm³/mol. The summed E-state index contributed by atoms with van der Waals surface area (Å²) in [5.41, 5.74) is 8.61. The molecule has 96 valence electrons. The van der Waals surface area contributed by atoms with Crippen molar-refractivity contribution in [2.75, 3.05) is 5.75 Å². The van der Waals surface area contributed by atoms with Crippen molar-refractivity contribution in [3.8, 4) is 0 Å². The van der Waals surface area contributed by atoms with Crippen LogP contribution in [0.5, 0.6) is 0 Å². The van der Waals surface area contributed by atoms with E-state index < -0.39 is 0 Å². The van der Waals surface area contributed by atoms with Crippen molar-refractivity contribution < 1.29 is 0 Å². The molecule has 0 fully saturated rings. The van der Waals surface area contributed by atoms with Crippen LogP contribution >= 0.6 is 11.8 Å². The van der Waals surface area contributed by atoms with Gasteiger partial charge >= 0.3 is 0 Å². The smallest absolute Gasteiger partial charge is 0.0562 e. The van der Waals surface area contributed by atoms with Crippen molar-refractivity contribution >= 4 is 11.8 Å². The van der Waals surface area contributed by atoms with Gasteiger partial charge in [0.2, 0.25) is 0 Å². The quantitative estimate of drug-likeness (QED) is 0.841. The van der Waals surface area contributed by atoms with Crippen molar-refractivity contribution in [2.45, 2.75) is 31.3 Å². The molecule has 0 aliphatic carbocycles. The largest absolute Gasteiger partial charge is 0.322 e. The summed E-state index contributed by atoms with van der Waals surface area (Å²) in [5.74, 6) is 0.870. The van der Waals surface area contributed by atoms with Crippen LogP contribution in [0.25, 0.3) is 0 Å². The van der Waals surface area contributed by atoms with Crippen molar-refractivity contribution in [3.05, 3.63) is 47.8 Å². The molecule has 0 radical (unpaired) electrons. The van der Waals surface area contributed by atoms with Gasteiger partial charge in [0.15, 0.2) is 0 Å². The van der Waals surface area contributed by atoms with E-state index in [9.17, 15) is 0 Å². The van der Waals surface area contributed by atoms with Crippen molar-refractivity contribution in [2.24, 2.45) is 5.73 Å². The molecule has 1 aromatic carbocycles. The van der Waals surface area contributed by atoms with E-state index >= 15 is 0 Å². The Labute approximate surface area is 112 Å². The molecule has 1 aromatic heterocycles. The van der Waals surface area contributed by atoms with Gasteiger partial charge in [-0.1, -0.05) is 17.7 Å². The zero-order valence-electron chi connectivity index (χ0n) is 10.8. The molecular weight excluding hydrogens is 242 g/mol. The molecule has 0 aliphatic heterocycles. The highest BCUT2D eigenvalue weighted by Gasteiger charge is 2.11. The first-order valence-electron chi connectivity index (χ1n) is 6.17. The van der Waals surface area contributed by atoms with E-state index in [-0.39, 0.29) is 6.04 Å². The van der Waals surface area contributed by atoms with Gasteiger partial charge in [0, 0.05) is 23.4 Å². The van der Waals surface area contributed by atoms with E-state index in [1.807, 2.05) is 16.9 Å². The van der Waals surface area contributed by atoms with Crippen LogP contribution in [0.3, 0.4) is 0 Å². The van der Waals surface area contributed by atoms with Crippen molar-refractivity contribution in [1.82, 2.24) is 9.78 Å². The maximum atomic E-state index is 6.22. The molecule has 0 bridgehead atoms. The average Bonchev–Trinajstić information content (AvgIpc) is 2.84. The van der Waals surface area contributed by atoms with Crippen LogP contribution in [0.15, 0.2) is 41.4 Å². The summed E-state index contributed by atoms with van der Waals surface area (Å²) in [4.78, 5) is 1.27. The average molecular weight is 261 g/mol. The molecular formula is C14H19N3S. The van der Waals surface area contributed by atoms with Gasteiger partial charge in [-0.25, -0.2) is 0 Å². The van der Waals surface area contributed by atoms with E-state index in [0.29, 0.717) is 0 Å². The normalized spacial score (nSPS) is 12.6. The Morgan fingerprint density at radius 1 is 1.39 bits per heavy atom. The summed E-state index contributed by atoms with van der Waals surface area (Å²) in [6, 6.07) is 10.5. The Hall–Kier alpha value is -1.26. The van der Waals surface area contributed by atoms with E-state index in [0.717, 1.165) is 18.0 Å². The molecule has 2 rings (SSSR count). The van der Waals surface area contributed by atoms with Crippen molar-refractivity contribution in [1.29, 1.82) is 0 Å². The fraction of sp³-hybridized carbons (Fsp3) is 0.357. The third kappa shape index (κ3) is 3.15. The Morgan fingerprint density at radius 3 is 2.94 bits per heavy atom. The van der Waals surface area contributed by atoms with Gasteiger partial charge in [-0.05, 0) is 32.0 Å². The third-order valence-corrected chi connectivity index (χ3v) is 3.96. The fourth-order valence-electron chi connectivity index (χ4n) is 1.90. The van der Waals surface area contributed by atoms with Crippen LogP contribution in [0.2, 0.25) is 0 Å². The summed E-state index contributed by atoms with van der Waals surface area (Å²) in [6.45, 7) is 5.05. The lowest BCUT2D eigenvalue weighted by Gasteiger charge is -2.13. The van der Waals surface area contributed by atoms with Crippen LogP contribution in [0.4, 0.5) is 0 Å². The van der Waals surface area contributed by atoms with E-state index in [1.165, 1.54) is 10.5 Å². The Balaban J connectivity index is 1.98. The molecule has 4 heteroatoms. The van der Waals surface area contributed by atoms with Crippen LogP contribution in [-0.4, -0.2) is 15.5 Å². The van der Waals surface area contributed by atoms with E-state index in [4.69, 9.17) is 5.73 Å². The Kier molecular flexibility index (Phi) is 4.44. The highest BCUT2D eigenvalue weighted by atomic mass is 32.2. The zero-order chi connectivity index (χ0) is 13.0. The number of aryl methyl sites for hydroxylation is 2. The van der Waals surface area contributed by atoms with Crippen molar-refractivity contribution in [3.63, 3.8) is 0 Å². The molecule has 2 aromatic rings. The standard InChI is InChI=1S/C14H19N3S/c1-3-17-14(7-8-16-17)13(15)10-18-12-6-4-5-11(2)9-12/h4-9,13H,3,10,15H2,1-2H3. The number of aromatic nitrogens is 2. The van der Waals surface area contributed by atoms with Crippen LogP contribution < -0.4 is 5.73 Å². The fourth-order valence-corrected chi connectivity index (χ4v) is 2.89. The number of nitrogens with two attached hydrogens (primary N) is 1. The maximum absolute atomic E-state index is 6.22. The highest BCUT2D eigenvalue weighted by molar-refractivity contribution is 7.99. The SMILES string of the molecule is CCn1nccc1C(N)CSc1cccc(C)c1. The Morgan fingerprint density at radius 2 is 2.22 bits per heavy atom. The highest BCUT2D eigenvalue weighted by Crippen LogP contribution is 2.23. The molecule has 18 heavy (non-hydrogen) atoms. The maximum Gasteiger partial charge on any atom is 0.0562 e. The minimum atomic E-state index is 0.0259. The lowest BCUT2D eigenvalue weighted by Crippen LogP contribution is -2.18. The predicted octanol–water partition coefficient (Wildman–Crippen LogP) is 3.00. The summed E-state index contributed by atoms with van der Waals surface area (Å²) < 4.78 is 1.96. The number of benzene rings is 1. The number of nitrogens with zero attached hydrogens (tertiary/aromatic N) is 2. The lowest BCUT2D eigenvalue weighted by molar-refractivity contribution is 0.593. The second-order valence-electron chi connectivity index (χ2n) is 4.31. The lowest BCUT2D eigenvalue weighted by atomic mass is 10.2. The molecule has 1 atom stereocenters. The zero-order valence-corrected chi connectivity index (χ0v) is 11.7. The first kappa shape index (κ1) is 13.2. The molecule has 0 amide bonds. The van der Waals surface area contributed by atoms with Crippen LogP contribution in [0, 0.1) is 6.92 Å². The molecule has 1 heterocycles. The van der Waals surface area contributed by atoms with Gasteiger partial charge in [0.25, 0.3) is 0 Å². The summed E-state index contributed by atoms with van der Waals surface area (Å²) in [5, 5.41) is 4.25. The van der Waals surface area contributed by atoms with Gasteiger partial charge in [-0.2, -0.15) is 5.10 Å². The Bertz CT molecular complexity index is 507. The minimum Gasteiger partial charge on any atom is -0.322 e. The second-order valence-corrected chi connectivity index (χ2v) is 5.40. The van der Waals surface area contributed by atoms with Gasteiger partial charge in [0.05, 0.1) is 11.7 Å². The number of hydrogen-bond acceptors (Lipinski definition) is 3. The first-order valence-corrected chi connectivity index (χ1v) is 7.16. The minimum absolute atomic E-state index is 0.0259. The second kappa shape index (κ2) is 6.07. The summed E-state index contributed by atoms with van der Waals surface area (Å²) in [6.07, 6.45) is 1.82. The third-order valence-electron chi connectivity index (χ3n) is 2.85. The van der Waals surface area contributed by atoms with Crippen LogP contribution in [-0.2, 0) is 6.54 Å². The van der Waals surface area contributed by atoms with Gasteiger partial charge < -0.3 is 5.73 Å². The van der Waals surface area contributed by atoms with Crippen LogP contribution in [0.1, 0.15) is 24.2 Å². The topological polar surface area (TPSA) is 43.8 Å². The molecule has 3 nitrogen and oxygen atoms in total. The summed E-state index contributed by atoms with van der Waals surface area (Å²) >= 11 is 1.79. The van der Waals surface area contributed by atoms with Gasteiger partial charge in [0.1, 0.15) is 0 Å². The molecule has 2 N–H and O–H groups in total. The number of rotatable bonds is 5. The first-order chi connectivity index (χ1) is 8.70. The number of hydrogen-bond donors (Lipinski definition) is 1.